The average Bonchev–Trinajstić information content (AvgIpc) is 3.67. The lowest BCUT2D eigenvalue weighted by Crippen LogP contribution is -2.49. The van der Waals surface area contributed by atoms with Crippen molar-refractivity contribution in [1.29, 1.82) is 0 Å². The van der Waals surface area contributed by atoms with Crippen LogP contribution in [0.2, 0.25) is 0 Å². The summed E-state index contributed by atoms with van der Waals surface area (Å²) in [6, 6.07) is 20.4. The maximum atomic E-state index is 14.0. The molecule has 9 nitrogen and oxygen atoms in total. The second-order valence-electron chi connectivity index (χ2n) is 10.4. The van der Waals surface area contributed by atoms with Crippen molar-refractivity contribution in [2.75, 3.05) is 26.7 Å². The largest absolute Gasteiger partial charge is 0.497 e. The standard InChI is InChI=1S/C31H34N4O5S/c1-22-6-10-25(11-7-22)29-20-28(24-12-14-26(40-3)15-13-24)32-35(29)30(36)21-34(31(37)33-18-4-5-19-33)41(38,39)27-16-8-23(2)9-17-27/h6-17,29H,4-5,18-21H2,1-3H3. The molecule has 1 unspecified atom stereocenters. The van der Waals surface area contributed by atoms with Gasteiger partial charge in [0.05, 0.1) is 23.8 Å². The minimum Gasteiger partial charge on any atom is -0.497 e. The molecule has 0 spiro atoms. The van der Waals surface area contributed by atoms with Gasteiger partial charge in [-0.1, -0.05) is 47.5 Å². The molecule has 0 aromatic heterocycles. The minimum atomic E-state index is -4.31. The van der Waals surface area contributed by atoms with Gasteiger partial charge < -0.3 is 9.64 Å². The first-order chi connectivity index (χ1) is 19.7. The van der Waals surface area contributed by atoms with E-state index in [1.165, 1.54) is 22.0 Å². The van der Waals surface area contributed by atoms with E-state index in [1.807, 2.05) is 62.4 Å². The number of benzene rings is 3. The second kappa shape index (κ2) is 11.7. The predicted molar refractivity (Wildman–Crippen MR) is 156 cm³/mol. The number of ether oxygens (including phenoxy) is 1. The van der Waals surface area contributed by atoms with E-state index in [2.05, 4.69) is 5.10 Å². The highest BCUT2D eigenvalue weighted by atomic mass is 32.2. The van der Waals surface area contributed by atoms with E-state index in [9.17, 15) is 18.0 Å². The van der Waals surface area contributed by atoms with Crippen LogP contribution in [0.3, 0.4) is 0 Å². The van der Waals surface area contributed by atoms with Crippen molar-refractivity contribution in [2.45, 2.75) is 44.0 Å². The molecule has 0 saturated carbocycles. The van der Waals surface area contributed by atoms with Gasteiger partial charge in [-0.05, 0) is 74.2 Å². The summed E-state index contributed by atoms with van der Waals surface area (Å²) in [5.41, 5.74) is 4.35. The van der Waals surface area contributed by atoms with E-state index < -0.39 is 34.5 Å². The van der Waals surface area contributed by atoms with Crippen molar-refractivity contribution in [1.82, 2.24) is 14.2 Å². The van der Waals surface area contributed by atoms with Gasteiger partial charge in [-0.15, -0.1) is 0 Å². The molecule has 214 valence electrons. The first-order valence-electron chi connectivity index (χ1n) is 13.7. The molecule has 3 amide bonds. The first kappa shape index (κ1) is 28.4. The van der Waals surface area contributed by atoms with Crippen LogP contribution in [0, 0.1) is 13.8 Å². The number of urea groups is 1. The van der Waals surface area contributed by atoms with Gasteiger partial charge in [-0.2, -0.15) is 5.10 Å². The highest BCUT2D eigenvalue weighted by Gasteiger charge is 2.39. The number of rotatable bonds is 7. The zero-order chi connectivity index (χ0) is 29.1. The Balaban J connectivity index is 1.50. The van der Waals surface area contributed by atoms with Gasteiger partial charge in [-0.3, -0.25) is 4.79 Å². The molecule has 0 aliphatic carbocycles. The second-order valence-corrected chi connectivity index (χ2v) is 12.3. The maximum Gasteiger partial charge on any atom is 0.334 e. The van der Waals surface area contributed by atoms with Gasteiger partial charge in [0, 0.05) is 19.5 Å². The van der Waals surface area contributed by atoms with E-state index in [0.29, 0.717) is 35.3 Å². The number of hydrogen-bond donors (Lipinski definition) is 0. The molecule has 41 heavy (non-hydrogen) atoms. The number of hydrazone groups is 1. The molecular weight excluding hydrogens is 540 g/mol. The van der Waals surface area contributed by atoms with Crippen LogP contribution in [0.4, 0.5) is 4.79 Å². The monoisotopic (exact) mass is 574 g/mol. The molecule has 5 rings (SSSR count). The smallest absolute Gasteiger partial charge is 0.334 e. The summed E-state index contributed by atoms with van der Waals surface area (Å²) < 4.78 is 33.6. The van der Waals surface area contributed by atoms with Crippen LogP contribution in [-0.4, -0.2) is 67.0 Å². The molecule has 1 saturated heterocycles. The normalized spacial score (nSPS) is 17.0. The third kappa shape index (κ3) is 5.97. The molecule has 0 N–H and O–H groups in total. The Morgan fingerprint density at radius 2 is 1.49 bits per heavy atom. The minimum absolute atomic E-state index is 0.0395. The summed E-state index contributed by atoms with van der Waals surface area (Å²) in [6.07, 6.45) is 2.01. The number of carbonyl (C=O) groups is 2. The van der Waals surface area contributed by atoms with Crippen LogP contribution in [0.15, 0.2) is 82.8 Å². The van der Waals surface area contributed by atoms with Crippen LogP contribution in [0.25, 0.3) is 0 Å². The third-order valence-electron chi connectivity index (χ3n) is 7.53. The van der Waals surface area contributed by atoms with Crippen molar-refractivity contribution in [3.05, 3.63) is 95.1 Å². The summed E-state index contributed by atoms with van der Waals surface area (Å²) in [6.45, 7) is 4.07. The average molecular weight is 575 g/mol. The maximum absolute atomic E-state index is 14.0. The quantitative estimate of drug-likeness (QED) is 0.400. The van der Waals surface area contributed by atoms with E-state index in [-0.39, 0.29) is 4.90 Å². The topological polar surface area (TPSA) is 99.6 Å². The summed E-state index contributed by atoms with van der Waals surface area (Å²) in [5.74, 6) is 0.120. The molecule has 10 heteroatoms. The van der Waals surface area contributed by atoms with E-state index in [4.69, 9.17) is 4.74 Å². The molecule has 3 aromatic carbocycles. The summed E-state index contributed by atoms with van der Waals surface area (Å²) in [4.78, 5) is 29.0. The fourth-order valence-electron chi connectivity index (χ4n) is 5.10. The molecule has 2 heterocycles. The number of carbonyl (C=O) groups excluding carboxylic acids is 2. The summed E-state index contributed by atoms with van der Waals surface area (Å²) in [7, 11) is -2.71. The van der Waals surface area contributed by atoms with Crippen molar-refractivity contribution in [2.24, 2.45) is 5.10 Å². The van der Waals surface area contributed by atoms with E-state index in [1.54, 1.807) is 19.2 Å². The van der Waals surface area contributed by atoms with Crippen molar-refractivity contribution < 1.29 is 22.7 Å². The summed E-state index contributed by atoms with van der Waals surface area (Å²) in [5, 5.41) is 6.02. The molecule has 0 bridgehead atoms. The zero-order valence-electron chi connectivity index (χ0n) is 23.5. The van der Waals surface area contributed by atoms with Crippen LogP contribution in [-0.2, 0) is 14.8 Å². The molecular formula is C31H34N4O5S. The number of methoxy groups -OCH3 is 1. The number of nitrogens with zero attached hydrogens (tertiary/aromatic N) is 4. The molecule has 2 aliphatic rings. The van der Waals surface area contributed by atoms with Gasteiger partial charge in [0.2, 0.25) is 0 Å². The first-order valence-corrected chi connectivity index (χ1v) is 15.1. The van der Waals surface area contributed by atoms with Crippen molar-refractivity contribution in [3.8, 4) is 5.75 Å². The number of likely N-dealkylation sites (tertiary alicyclic amines) is 1. The Morgan fingerprint density at radius 1 is 0.902 bits per heavy atom. The number of hydrogen-bond acceptors (Lipinski definition) is 6. The lowest BCUT2D eigenvalue weighted by atomic mass is 9.97. The number of amides is 3. The molecule has 3 aromatic rings. The Bertz CT molecular complexity index is 1550. The molecule has 0 radical (unpaired) electrons. The number of aryl methyl sites for hydroxylation is 2. The van der Waals surface area contributed by atoms with Crippen LogP contribution >= 0.6 is 0 Å². The zero-order valence-corrected chi connectivity index (χ0v) is 24.3. The van der Waals surface area contributed by atoms with Crippen LogP contribution in [0.1, 0.15) is 47.6 Å². The van der Waals surface area contributed by atoms with Gasteiger partial charge in [0.25, 0.3) is 15.9 Å². The van der Waals surface area contributed by atoms with Gasteiger partial charge >= 0.3 is 6.03 Å². The van der Waals surface area contributed by atoms with E-state index >= 15 is 0 Å². The summed E-state index contributed by atoms with van der Waals surface area (Å²) >= 11 is 0. The Labute approximate surface area is 241 Å². The highest BCUT2D eigenvalue weighted by molar-refractivity contribution is 7.89. The van der Waals surface area contributed by atoms with Crippen LogP contribution in [0.5, 0.6) is 5.75 Å². The Kier molecular flexibility index (Phi) is 8.12. The molecule has 2 aliphatic heterocycles. The fraction of sp³-hybridized carbons (Fsp3) is 0.323. The lowest BCUT2D eigenvalue weighted by Gasteiger charge is -2.29. The van der Waals surface area contributed by atoms with Crippen LogP contribution < -0.4 is 4.74 Å². The van der Waals surface area contributed by atoms with Gasteiger partial charge in [0.15, 0.2) is 0 Å². The Morgan fingerprint density at radius 3 is 2.07 bits per heavy atom. The van der Waals surface area contributed by atoms with Crippen molar-refractivity contribution >= 4 is 27.7 Å². The van der Waals surface area contributed by atoms with Crippen molar-refractivity contribution in [3.63, 3.8) is 0 Å². The predicted octanol–water partition coefficient (Wildman–Crippen LogP) is 4.90. The van der Waals surface area contributed by atoms with E-state index in [0.717, 1.165) is 35.1 Å². The number of sulfonamides is 1. The lowest BCUT2D eigenvalue weighted by molar-refractivity contribution is -0.132. The van der Waals surface area contributed by atoms with Gasteiger partial charge in [0.1, 0.15) is 12.3 Å². The SMILES string of the molecule is COc1ccc(C2=NN(C(=O)CN(C(=O)N3CCCC3)S(=O)(=O)c3ccc(C)cc3)C(c3ccc(C)cc3)C2)cc1. The fourth-order valence-corrected chi connectivity index (χ4v) is 6.44. The van der Waals surface area contributed by atoms with Gasteiger partial charge in [-0.25, -0.2) is 22.5 Å². The molecule has 1 atom stereocenters. The highest BCUT2D eigenvalue weighted by Crippen LogP contribution is 2.34. The Hall–Kier alpha value is -4.18. The third-order valence-corrected chi connectivity index (χ3v) is 9.26. The molecule has 1 fully saturated rings.